The maximum atomic E-state index is 12.4. The number of amides is 1. The summed E-state index contributed by atoms with van der Waals surface area (Å²) in [6.45, 7) is 0. The van der Waals surface area contributed by atoms with Crippen molar-refractivity contribution >= 4 is 80.5 Å². The van der Waals surface area contributed by atoms with Gasteiger partial charge >= 0.3 is 0 Å². The molecule has 0 fully saturated rings. The van der Waals surface area contributed by atoms with Gasteiger partial charge in [-0.3, -0.25) is 15.2 Å². The predicted molar refractivity (Wildman–Crippen MR) is 120 cm³/mol. The highest BCUT2D eigenvalue weighted by Crippen LogP contribution is 2.37. The van der Waals surface area contributed by atoms with Crippen LogP contribution < -0.4 is 5.43 Å². The molecule has 28 heavy (non-hydrogen) atoms. The molecular formula is C19H11BrClN3O2S2. The molecule has 1 amide bonds. The van der Waals surface area contributed by atoms with Gasteiger partial charge in [-0.2, -0.15) is 4.68 Å². The zero-order valence-corrected chi connectivity index (χ0v) is 18.0. The monoisotopic (exact) mass is 491 g/mol. The van der Waals surface area contributed by atoms with Gasteiger partial charge in [0.1, 0.15) is 0 Å². The highest BCUT2D eigenvalue weighted by molar-refractivity contribution is 9.10. The molecule has 0 bridgehead atoms. The number of halogens is 2. The second kappa shape index (κ2) is 7.63. The lowest BCUT2D eigenvalue weighted by Crippen LogP contribution is -2.22. The van der Waals surface area contributed by atoms with Gasteiger partial charge in [-0.1, -0.05) is 38.9 Å². The van der Waals surface area contributed by atoms with Crippen molar-refractivity contribution in [1.29, 1.82) is 0 Å². The summed E-state index contributed by atoms with van der Waals surface area (Å²) in [5.41, 5.74) is 5.66. The maximum Gasteiger partial charge on any atom is 0.270 e. The Morgan fingerprint density at radius 1 is 1.29 bits per heavy atom. The van der Waals surface area contributed by atoms with Crippen molar-refractivity contribution < 1.29 is 9.90 Å². The van der Waals surface area contributed by atoms with Crippen LogP contribution in [0.5, 0.6) is 5.88 Å². The van der Waals surface area contributed by atoms with Crippen molar-refractivity contribution in [3.05, 3.63) is 71.9 Å². The fourth-order valence-electron chi connectivity index (χ4n) is 2.66. The summed E-state index contributed by atoms with van der Waals surface area (Å²) in [6.07, 6.45) is 3.53. The van der Waals surface area contributed by atoms with E-state index < -0.39 is 5.91 Å². The van der Waals surface area contributed by atoms with Crippen molar-refractivity contribution in [2.24, 2.45) is 4.99 Å². The average molecular weight is 493 g/mol. The number of nitrogens with one attached hydrogen (secondary N) is 1. The number of aromatic nitrogens is 1. The Balaban J connectivity index is 1.65. The Morgan fingerprint density at radius 3 is 2.79 bits per heavy atom. The van der Waals surface area contributed by atoms with Crippen LogP contribution in [0.15, 0.2) is 51.9 Å². The molecule has 0 aliphatic carbocycles. The Morgan fingerprint density at radius 2 is 2.04 bits per heavy atom. The number of benzene rings is 2. The van der Waals surface area contributed by atoms with Crippen molar-refractivity contribution in [2.45, 2.75) is 0 Å². The molecule has 0 atom stereocenters. The summed E-state index contributed by atoms with van der Waals surface area (Å²) in [5, 5.41) is 11.1. The number of hydrogen-bond acceptors (Lipinski definition) is 5. The lowest BCUT2D eigenvalue weighted by atomic mass is 10.1. The number of hydrogen-bond donors (Lipinski definition) is 2. The molecule has 1 aliphatic heterocycles. The van der Waals surface area contributed by atoms with E-state index in [1.54, 1.807) is 36.6 Å². The molecule has 2 N–H and O–H groups in total. The van der Waals surface area contributed by atoms with Crippen LogP contribution in [0.3, 0.4) is 0 Å². The molecule has 0 saturated heterocycles. The van der Waals surface area contributed by atoms with Gasteiger partial charge in [-0.05, 0) is 60.8 Å². The molecular weight excluding hydrogens is 482 g/mol. The van der Waals surface area contributed by atoms with E-state index in [2.05, 4.69) is 26.3 Å². The molecule has 2 aromatic carbocycles. The van der Waals surface area contributed by atoms with E-state index in [0.29, 0.717) is 19.4 Å². The van der Waals surface area contributed by atoms with Gasteiger partial charge in [-0.25, -0.2) is 0 Å². The summed E-state index contributed by atoms with van der Waals surface area (Å²) in [5.74, 6) is -0.543. The molecule has 0 unspecified atom stereocenters. The van der Waals surface area contributed by atoms with Crippen LogP contribution in [0.2, 0.25) is 5.02 Å². The van der Waals surface area contributed by atoms with Crippen molar-refractivity contribution in [1.82, 2.24) is 4.68 Å². The largest absolute Gasteiger partial charge is 0.492 e. The van der Waals surface area contributed by atoms with Gasteiger partial charge in [0.2, 0.25) is 5.88 Å². The SMILES string of the molecule is O=C(Nn1c(O)c(C=C2C=Nc3ccc(Br)cc32)sc1=S)c1ccc(Cl)cc1. The van der Waals surface area contributed by atoms with E-state index in [4.69, 9.17) is 23.8 Å². The molecule has 5 nitrogen and oxygen atoms in total. The van der Waals surface area contributed by atoms with Crippen LogP contribution in [-0.2, 0) is 0 Å². The molecule has 0 saturated carbocycles. The lowest BCUT2D eigenvalue weighted by Gasteiger charge is -2.07. The van der Waals surface area contributed by atoms with Gasteiger partial charge in [0.25, 0.3) is 5.91 Å². The van der Waals surface area contributed by atoms with Crippen LogP contribution in [-0.4, -0.2) is 21.9 Å². The van der Waals surface area contributed by atoms with Gasteiger partial charge in [0.05, 0.1) is 10.6 Å². The minimum Gasteiger partial charge on any atom is -0.492 e. The van der Waals surface area contributed by atoms with Crippen LogP contribution >= 0.6 is 51.1 Å². The highest BCUT2D eigenvalue weighted by atomic mass is 79.9. The lowest BCUT2D eigenvalue weighted by molar-refractivity contribution is 0.101. The number of carbonyl (C=O) groups excluding carboxylic acids is 1. The van der Waals surface area contributed by atoms with Crippen molar-refractivity contribution in [3.8, 4) is 5.88 Å². The quantitative estimate of drug-likeness (QED) is 0.438. The van der Waals surface area contributed by atoms with Crippen LogP contribution in [0.25, 0.3) is 11.6 Å². The molecule has 1 aliphatic rings. The summed E-state index contributed by atoms with van der Waals surface area (Å²) < 4.78 is 2.44. The molecule has 3 aromatic rings. The first-order valence-electron chi connectivity index (χ1n) is 8.00. The third-order valence-corrected chi connectivity index (χ3v) is 6.09. The van der Waals surface area contributed by atoms with E-state index in [1.165, 1.54) is 16.0 Å². The highest BCUT2D eigenvalue weighted by Gasteiger charge is 2.17. The molecule has 0 radical (unpaired) electrons. The number of aromatic hydroxyl groups is 1. The number of nitrogens with zero attached hydrogens (tertiary/aromatic N) is 2. The Hall–Kier alpha value is -2.26. The van der Waals surface area contributed by atoms with E-state index in [0.717, 1.165) is 21.3 Å². The van der Waals surface area contributed by atoms with E-state index in [9.17, 15) is 9.90 Å². The smallest absolute Gasteiger partial charge is 0.270 e. The molecule has 9 heteroatoms. The first kappa shape index (κ1) is 19.1. The maximum absolute atomic E-state index is 12.4. The standard InChI is InChI=1S/C19H11BrClN3O2S2/c20-12-3-6-15-14(8-12)11(9-22-15)7-16-18(26)24(19(27)28-16)23-17(25)10-1-4-13(21)5-2-10/h1-9,26H,(H,23,25). The predicted octanol–water partition coefficient (Wildman–Crippen LogP) is 6.04. The van der Waals surface area contributed by atoms with Gasteiger partial charge in [0, 0.05) is 32.4 Å². The normalized spacial score (nSPS) is 13.7. The number of fused-ring (bicyclic) bond motifs is 1. The Bertz CT molecular complexity index is 1210. The van der Waals surface area contributed by atoms with Crippen molar-refractivity contribution in [3.63, 3.8) is 0 Å². The van der Waals surface area contributed by atoms with E-state index >= 15 is 0 Å². The first-order valence-corrected chi connectivity index (χ1v) is 10.4. The van der Waals surface area contributed by atoms with E-state index in [1.807, 2.05) is 18.2 Å². The second-order valence-electron chi connectivity index (χ2n) is 5.86. The summed E-state index contributed by atoms with van der Waals surface area (Å²) in [6, 6.07) is 12.2. The molecule has 4 rings (SSSR count). The third-order valence-electron chi connectivity index (χ3n) is 4.03. The number of carbonyl (C=O) groups is 1. The van der Waals surface area contributed by atoms with Gasteiger partial charge < -0.3 is 5.11 Å². The first-order chi connectivity index (χ1) is 13.4. The van der Waals surface area contributed by atoms with Crippen molar-refractivity contribution in [2.75, 3.05) is 5.43 Å². The minimum absolute atomic E-state index is 0.137. The Labute approximate surface area is 182 Å². The molecule has 140 valence electrons. The topological polar surface area (TPSA) is 66.6 Å². The van der Waals surface area contributed by atoms with Crippen LogP contribution in [0.1, 0.15) is 20.8 Å². The molecule has 0 spiro atoms. The Kier molecular flexibility index (Phi) is 5.20. The van der Waals surface area contributed by atoms with Crippen LogP contribution in [0.4, 0.5) is 5.69 Å². The molecule has 2 heterocycles. The molecule has 1 aromatic heterocycles. The van der Waals surface area contributed by atoms with E-state index in [-0.39, 0.29) is 5.88 Å². The minimum atomic E-state index is -0.406. The number of rotatable bonds is 3. The number of aliphatic imine (C=N–C) groups is 1. The van der Waals surface area contributed by atoms with Gasteiger partial charge in [-0.15, -0.1) is 0 Å². The van der Waals surface area contributed by atoms with Crippen LogP contribution in [0, 0.1) is 3.95 Å². The average Bonchev–Trinajstić information content (AvgIpc) is 3.18. The van der Waals surface area contributed by atoms with Gasteiger partial charge in [0.15, 0.2) is 3.95 Å². The summed E-state index contributed by atoms with van der Waals surface area (Å²) in [7, 11) is 0. The summed E-state index contributed by atoms with van der Waals surface area (Å²) >= 11 is 15.8. The zero-order valence-electron chi connectivity index (χ0n) is 14.0. The fraction of sp³-hybridized carbons (Fsp3) is 0. The zero-order chi connectivity index (χ0) is 19.8. The third kappa shape index (κ3) is 3.68. The fourth-order valence-corrected chi connectivity index (χ4v) is 4.33. The second-order valence-corrected chi connectivity index (χ2v) is 8.89. The number of allylic oxidation sites excluding steroid dienone is 1. The number of thiazole rings is 1. The summed E-state index contributed by atoms with van der Waals surface area (Å²) in [4.78, 5) is 17.3.